The van der Waals surface area contributed by atoms with Crippen LogP contribution in [0.5, 0.6) is 0 Å². The van der Waals surface area contributed by atoms with E-state index in [0.717, 1.165) is 6.08 Å². The lowest BCUT2D eigenvalue weighted by molar-refractivity contribution is -0.113. The molecule has 0 unspecified atom stereocenters. The van der Waals surface area contributed by atoms with E-state index >= 15 is 0 Å². The molecule has 0 aliphatic rings. The topological polar surface area (TPSA) is 132 Å². The van der Waals surface area contributed by atoms with Crippen LogP contribution in [0.15, 0.2) is 12.7 Å². The highest BCUT2D eigenvalue weighted by atomic mass is 32.2. The molecule has 0 saturated heterocycles. The molecule has 0 aromatic carbocycles. The Balaban J connectivity index is -0.000000126. The van der Waals surface area contributed by atoms with Crippen molar-refractivity contribution in [3.8, 4) is 0 Å². The Morgan fingerprint density at radius 1 is 1.67 bits per heavy atom. The van der Waals surface area contributed by atoms with E-state index in [2.05, 4.69) is 12.3 Å². The van der Waals surface area contributed by atoms with Gasteiger partial charge in [0.25, 0.3) is 10.1 Å². The van der Waals surface area contributed by atoms with Crippen LogP contribution in [0, 0.1) is 0 Å². The predicted octanol–water partition coefficient (Wildman–Crippen LogP) is -0.286. The Morgan fingerprint density at radius 2 is 1.83 bits per heavy atom. The molecule has 0 bridgehead atoms. The lowest BCUT2D eigenvalue weighted by atomic mass is 10.6. The highest BCUT2D eigenvalue weighted by Crippen LogP contribution is 1.74. The molecule has 12 heavy (non-hydrogen) atoms. The number of amides is 1. The van der Waals surface area contributed by atoms with Gasteiger partial charge in [0.1, 0.15) is 0 Å². The molecule has 0 aromatic heterocycles. The summed E-state index contributed by atoms with van der Waals surface area (Å²) in [7, 11) is -3.66. The van der Waals surface area contributed by atoms with Crippen LogP contribution in [0.25, 0.3) is 0 Å². The quantitative estimate of drug-likeness (QED) is 0.414. The highest BCUT2D eigenvalue weighted by Gasteiger charge is 1.93. The summed E-state index contributed by atoms with van der Waals surface area (Å²) in [5.41, 5.74) is 4.53. The molecule has 0 rings (SSSR count). The van der Waals surface area contributed by atoms with Gasteiger partial charge in [0.05, 0.1) is 5.75 Å². The number of carbonyl (C=O) groups excluding carboxylic acids is 1. The Bertz CT molecular complexity index is 222. The predicted molar refractivity (Wildman–Crippen MR) is 46.5 cm³/mol. The van der Waals surface area contributed by atoms with Crippen LogP contribution < -0.4 is 11.9 Å². The summed E-state index contributed by atoms with van der Waals surface area (Å²) in [6.45, 7) is 4.46. The molecule has 0 aliphatic carbocycles. The fourth-order valence-corrected chi connectivity index (χ4v) is 0. The van der Waals surface area contributed by atoms with Crippen molar-refractivity contribution < 1.29 is 17.8 Å². The molecule has 74 valence electrons. The third kappa shape index (κ3) is 35.6. The first-order valence-electron chi connectivity index (χ1n) is 2.70. The molecule has 0 saturated carbocycles. The monoisotopic (exact) mass is 198 g/mol. The van der Waals surface area contributed by atoms with Crippen molar-refractivity contribution in [1.82, 2.24) is 6.15 Å². The highest BCUT2D eigenvalue weighted by molar-refractivity contribution is 7.85. The Kier molecular flexibility index (Phi) is 11.8. The molecule has 6 N–H and O–H groups in total. The minimum absolute atomic E-state index is 0. The van der Waals surface area contributed by atoms with Gasteiger partial charge in [-0.25, -0.2) is 0 Å². The van der Waals surface area contributed by atoms with Crippen molar-refractivity contribution in [2.24, 2.45) is 5.73 Å². The lowest BCUT2D eigenvalue weighted by Crippen LogP contribution is -2.04. The zero-order chi connectivity index (χ0) is 9.49. The number of carbonyl (C=O) groups is 1. The van der Waals surface area contributed by atoms with Crippen molar-refractivity contribution in [2.75, 3.05) is 5.75 Å². The number of hydrogen-bond acceptors (Lipinski definition) is 4. The summed E-state index contributed by atoms with van der Waals surface area (Å²) in [5, 5.41) is 0. The summed E-state index contributed by atoms with van der Waals surface area (Å²) < 4.78 is 26.9. The Hall–Kier alpha value is -0.920. The molecule has 0 aliphatic heterocycles. The van der Waals surface area contributed by atoms with Crippen molar-refractivity contribution in [3.05, 3.63) is 12.7 Å². The van der Waals surface area contributed by atoms with Crippen LogP contribution in [0.4, 0.5) is 0 Å². The van der Waals surface area contributed by atoms with E-state index in [1.165, 1.54) is 6.92 Å². The average Bonchev–Trinajstić information content (AvgIpc) is 1.88. The normalized spacial score (nSPS) is 8.50. The second-order valence-corrected chi connectivity index (χ2v) is 3.22. The fourth-order valence-electron chi connectivity index (χ4n) is 0. The third-order valence-electron chi connectivity index (χ3n) is 0.566. The van der Waals surface area contributed by atoms with Gasteiger partial charge in [0.15, 0.2) is 0 Å². The van der Waals surface area contributed by atoms with Gasteiger partial charge in [-0.15, -0.1) is 0 Å². The largest absolute Gasteiger partial charge is 0.366 e. The molecular formula is C5H14N2O4S. The molecule has 0 fully saturated rings. The zero-order valence-electron chi connectivity index (χ0n) is 6.86. The van der Waals surface area contributed by atoms with Gasteiger partial charge in [-0.3, -0.25) is 9.35 Å². The zero-order valence-corrected chi connectivity index (χ0v) is 7.67. The number of hydrogen-bond donors (Lipinski definition) is 3. The molecule has 0 radical (unpaired) electrons. The molecule has 0 aromatic rings. The lowest BCUT2D eigenvalue weighted by Gasteiger charge is -1.79. The fraction of sp³-hybridized carbons (Fsp3) is 0.400. The van der Waals surface area contributed by atoms with E-state index in [-0.39, 0.29) is 11.9 Å². The van der Waals surface area contributed by atoms with Crippen LogP contribution in [0.1, 0.15) is 6.92 Å². The van der Waals surface area contributed by atoms with Crippen LogP contribution in [-0.4, -0.2) is 24.6 Å². The molecule has 1 amide bonds. The summed E-state index contributed by atoms with van der Waals surface area (Å²) in [4.78, 5) is 9.47. The van der Waals surface area contributed by atoms with E-state index in [0.29, 0.717) is 0 Å². The van der Waals surface area contributed by atoms with E-state index in [1.807, 2.05) is 0 Å². The van der Waals surface area contributed by atoms with E-state index in [4.69, 9.17) is 4.55 Å². The minimum atomic E-state index is -3.66. The standard InChI is InChI=1S/C3H5NO.C2H6O3S.H3N/c1-2-3(4)5;1-2-6(3,4)5;/h2H,1H2,(H2,4,5);2H2,1H3,(H,3,4,5);1H3. The van der Waals surface area contributed by atoms with Crippen molar-refractivity contribution >= 4 is 16.0 Å². The first-order valence-corrected chi connectivity index (χ1v) is 4.31. The van der Waals surface area contributed by atoms with Crippen molar-refractivity contribution in [1.29, 1.82) is 0 Å². The summed E-state index contributed by atoms with van der Waals surface area (Å²) in [6.07, 6.45) is 1.06. The summed E-state index contributed by atoms with van der Waals surface area (Å²) >= 11 is 0. The van der Waals surface area contributed by atoms with Gasteiger partial charge in [-0.05, 0) is 13.0 Å². The van der Waals surface area contributed by atoms with E-state index < -0.39 is 16.0 Å². The second kappa shape index (κ2) is 8.18. The summed E-state index contributed by atoms with van der Waals surface area (Å²) in [5.74, 6) is -0.683. The Morgan fingerprint density at radius 3 is 1.83 bits per heavy atom. The smallest absolute Gasteiger partial charge is 0.264 e. The Labute approximate surface area is 71.8 Å². The number of primary amides is 1. The first kappa shape index (κ1) is 17.2. The van der Waals surface area contributed by atoms with Gasteiger partial charge < -0.3 is 11.9 Å². The van der Waals surface area contributed by atoms with Gasteiger partial charge in [0, 0.05) is 0 Å². The average molecular weight is 198 g/mol. The summed E-state index contributed by atoms with van der Waals surface area (Å²) in [6, 6.07) is 0. The van der Waals surface area contributed by atoms with E-state index in [9.17, 15) is 13.2 Å². The third-order valence-corrected chi connectivity index (χ3v) is 1.30. The van der Waals surface area contributed by atoms with Crippen LogP contribution >= 0.6 is 0 Å². The first-order chi connectivity index (χ1) is 4.83. The van der Waals surface area contributed by atoms with Crippen LogP contribution in [0.3, 0.4) is 0 Å². The number of nitrogens with two attached hydrogens (primary N) is 1. The van der Waals surface area contributed by atoms with Gasteiger partial charge in [-0.2, -0.15) is 8.42 Å². The van der Waals surface area contributed by atoms with Crippen molar-refractivity contribution in [3.63, 3.8) is 0 Å². The van der Waals surface area contributed by atoms with Crippen LogP contribution in [0.2, 0.25) is 0 Å². The van der Waals surface area contributed by atoms with Crippen molar-refractivity contribution in [2.45, 2.75) is 6.92 Å². The van der Waals surface area contributed by atoms with Gasteiger partial charge in [-0.1, -0.05) is 6.58 Å². The maximum Gasteiger partial charge on any atom is 0.264 e. The minimum Gasteiger partial charge on any atom is -0.366 e. The number of rotatable bonds is 2. The second-order valence-electron chi connectivity index (χ2n) is 1.48. The molecular weight excluding hydrogens is 184 g/mol. The molecule has 0 atom stereocenters. The molecule has 6 nitrogen and oxygen atoms in total. The molecule has 0 spiro atoms. The SMILES string of the molecule is C=CC(N)=O.CCS(=O)(=O)O.N. The maximum absolute atomic E-state index is 9.56. The van der Waals surface area contributed by atoms with Gasteiger partial charge in [0.2, 0.25) is 5.91 Å². The molecule has 0 heterocycles. The molecule has 7 heteroatoms. The maximum atomic E-state index is 9.56. The van der Waals surface area contributed by atoms with Crippen LogP contribution in [-0.2, 0) is 14.9 Å². The van der Waals surface area contributed by atoms with Gasteiger partial charge >= 0.3 is 0 Å². The van der Waals surface area contributed by atoms with E-state index in [1.54, 1.807) is 0 Å².